The number of pyridine rings is 1. The third kappa shape index (κ3) is 3.57. The summed E-state index contributed by atoms with van der Waals surface area (Å²) in [7, 11) is 1.83. The van der Waals surface area contributed by atoms with E-state index in [9.17, 15) is 0 Å². The molecule has 0 amide bonds. The minimum Gasteiger partial charge on any atom is -0.476 e. The van der Waals surface area contributed by atoms with Gasteiger partial charge in [0.2, 0.25) is 5.88 Å². The van der Waals surface area contributed by atoms with Crippen LogP contribution in [-0.2, 0) is 13.6 Å². The quantitative estimate of drug-likeness (QED) is 0.812. The molecule has 0 unspecified atom stereocenters. The zero-order valence-electron chi connectivity index (χ0n) is 11.1. The van der Waals surface area contributed by atoms with E-state index in [-0.39, 0.29) is 0 Å². The summed E-state index contributed by atoms with van der Waals surface area (Å²) in [6.07, 6.45) is 2.57. The molecule has 2 aromatic heterocycles. The summed E-state index contributed by atoms with van der Waals surface area (Å²) in [6.45, 7) is 3.14. The lowest BCUT2D eigenvalue weighted by Crippen LogP contribution is -2.06. The maximum absolute atomic E-state index is 5.80. The van der Waals surface area contributed by atoms with Gasteiger partial charge in [-0.3, -0.25) is 4.68 Å². The zero-order valence-corrected chi connectivity index (χ0v) is 11.1. The van der Waals surface area contributed by atoms with Crippen LogP contribution in [0.15, 0.2) is 18.5 Å². The van der Waals surface area contributed by atoms with E-state index in [2.05, 4.69) is 20.4 Å². The average molecular weight is 262 g/mol. The van der Waals surface area contributed by atoms with Crippen molar-refractivity contribution in [3.05, 3.63) is 24.3 Å². The van der Waals surface area contributed by atoms with E-state index in [4.69, 9.17) is 10.5 Å². The Labute approximate surface area is 111 Å². The Bertz CT molecular complexity index is 539. The van der Waals surface area contributed by atoms with Gasteiger partial charge in [-0.2, -0.15) is 10.1 Å². The molecule has 0 saturated heterocycles. The number of anilines is 2. The molecule has 7 heteroatoms. The van der Waals surface area contributed by atoms with Crippen LogP contribution in [0.25, 0.3) is 0 Å². The second-order valence-electron chi connectivity index (χ2n) is 4.13. The first kappa shape index (κ1) is 13.1. The van der Waals surface area contributed by atoms with Gasteiger partial charge in [0.1, 0.15) is 12.1 Å². The van der Waals surface area contributed by atoms with Gasteiger partial charge in [0.25, 0.3) is 0 Å². The van der Waals surface area contributed by atoms with Gasteiger partial charge < -0.3 is 15.8 Å². The third-order valence-corrected chi connectivity index (χ3v) is 2.41. The minimum atomic E-state index is 0.459. The van der Waals surface area contributed by atoms with Crippen molar-refractivity contribution in [1.82, 2.24) is 19.7 Å². The predicted octanol–water partition coefficient (Wildman–Crippen LogP) is 1.19. The smallest absolute Gasteiger partial charge is 0.239 e. The lowest BCUT2D eigenvalue weighted by molar-refractivity contribution is 0.307. The highest BCUT2D eigenvalue weighted by Gasteiger charge is 2.05. The van der Waals surface area contributed by atoms with Crippen LogP contribution in [0.3, 0.4) is 0 Å². The highest BCUT2D eigenvalue weighted by Crippen LogP contribution is 2.21. The molecular weight excluding hydrogens is 244 g/mol. The monoisotopic (exact) mass is 262 g/mol. The van der Waals surface area contributed by atoms with Crippen LogP contribution >= 0.6 is 0 Å². The number of hydrogen-bond donors (Lipinski definition) is 2. The van der Waals surface area contributed by atoms with Gasteiger partial charge in [0.15, 0.2) is 5.82 Å². The molecule has 2 aromatic rings. The first-order chi connectivity index (χ1) is 9.19. The zero-order chi connectivity index (χ0) is 13.7. The maximum atomic E-state index is 5.80. The molecule has 0 atom stereocenters. The standard InChI is InChI=1S/C12H18N6O/c1-3-6-19-12-9(13)4-5-10(16-12)14-7-11-15-8-18(2)17-11/h4-5,8H,3,6-7,13H2,1-2H3,(H,14,16). The molecule has 0 spiro atoms. The van der Waals surface area contributed by atoms with E-state index in [1.54, 1.807) is 23.1 Å². The third-order valence-electron chi connectivity index (χ3n) is 2.41. The Morgan fingerprint density at radius 1 is 1.42 bits per heavy atom. The summed E-state index contributed by atoms with van der Waals surface area (Å²) in [4.78, 5) is 8.44. The van der Waals surface area contributed by atoms with E-state index in [0.29, 0.717) is 36.4 Å². The van der Waals surface area contributed by atoms with Crippen molar-refractivity contribution in [3.63, 3.8) is 0 Å². The molecule has 2 heterocycles. The van der Waals surface area contributed by atoms with Gasteiger partial charge in [-0.25, -0.2) is 4.98 Å². The number of aryl methyl sites for hydroxylation is 1. The Hall–Kier alpha value is -2.31. The highest BCUT2D eigenvalue weighted by atomic mass is 16.5. The summed E-state index contributed by atoms with van der Waals surface area (Å²) in [6, 6.07) is 3.57. The van der Waals surface area contributed by atoms with Gasteiger partial charge in [-0.15, -0.1) is 0 Å². The normalized spacial score (nSPS) is 10.4. The van der Waals surface area contributed by atoms with Crippen LogP contribution in [0.5, 0.6) is 5.88 Å². The molecular formula is C12H18N6O. The number of nitrogen functional groups attached to an aromatic ring is 1. The number of nitrogens with zero attached hydrogens (tertiary/aromatic N) is 4. The van der Waals surface area contributed by atoms with Crippen LogP contribution < -0.4 is 15.8 Å². The molecule has 2 rings (SSSR count). The van der Waals surface area contributed by atoms with E-state index in [1.165, 1.54) is 0 Å². The van der Waals surface area contributed by atoms with Crippen LogP contribution in [-0.4, -0.2) is 26.4 Å². The van der Waals surface area contributed by atoms with E-state index >= 15 is 0 Å². The molecule has 0 aliphatic rings. The lowest BCUT2D eigenvalue weighted by atomic mass is 10.4. The molecule has 0 aliphatic carbocycles. The van der Waals surface area contributed by atoms with Crippen LogP contribution in [0.1, 0.15) is 19.2 Å². The molecule has 0 bridgehead atoms. The molecule has 0 fully saturated rings. The van der Waals surface area contributed by atoms with E-state index in [1.807, 2.05) is 14.0 Å². The maximum Gasteiger partial charge on any atom is 0.239 e. The number of nitrogens with two attached hydrogens (primary N) is 1. The largest absolute Gasteiger partial charge is 0.476 e. The van der Waals surface area contributed by atoms with Crippen molar-refractivity contribution < 1.29 is 4.74 Å². The fraction of sp³-hybridized carbons (Fsp3) is 0.417. The number of nitrogens with one attached hydrogen (secondary N) is 1. The van der Waals surface area contributed by atoms with Crippen molar-refractivity contribution in [2.24, 2.45) is 7.05 Å². The summed E-state index contributed by atoms with van der Waals surface area (Å²) in [5.74, 6) is 1.85. The first-order valence-electron chi connectivity index (χ1n) is 6.16. The van der Waals surface area contributed by atoms with Gasteiger partial charge in [-0.1, -0.05) is 6.92 Å². The number of aromatic nitrogens is 4. The van der Waals surface area contributed by atoms with Crippen LogP contribution in [0, 0.1) is 0 Å². The summed E-state index contributed by atoms with van der Waals surface area (Å²) < 4.78 is 7.13. The summed E-state index contributed by atoms with van der Waals surface area (Å²) >= 11 is 0. The molecule has 19 heavy (non-hydrogen) atoms. The Morgan fingerprint density at radius 3 is 2.95 bits per heavy atom. The molecule has 0 aromatic carbocycles. The summed E-state index contributed by atoms with van der Waals surface area (Å²) in [5.41, 5.74) is 6.33. The number of hydrogen-bond acceptors (Lipinski definition) is 6. The topological polar surface area (TPSA) is 90.9 Å². The summed E-state index contributed by atoms with van der Waals surface area (Å²) in [5, 5.41) is 7.31. The average Bonchev–Trinajstić information content (AvgIpc) is 2.82. The van der Waals surface area contributed by atoms with Gasteiger partial charge in [0.05, 0.1) is 18.8 Å². The number of ether oxygens (including phenoxy) is 1. The Morgan fingerprint density at radius 2 is 2.26 bits per heavy atom. The molecule has 0 radical (unpaired) electrons. The molecule has 7 nitrogen and oxygen atoms in total. The van der Waals surface area contributed by atoms with Gasteiger partial charge in [-0.05, 0) is 18.6 Å². The minimum absolute atomic E-state index is 0.459. The molecule has 0 saturated carbocycles. The molecule has 102 valence electrons. The fourth-order valence-corrected chi connectivity index (χ4v) is 1.50. The van der Waals surface area contributed by atoms with Crippen molar-refractivity contribution >= 4 is 11.5 Å². The van der Waals surface area contributed by atoms with Crippen molar-refractivity contribution in [3.8, 4) is 5.88 Å². The predicted molar refractivity (Wildman–Crippen MR) is 72.8 cm³/mol. The SMILES string of the molecule is CCCOc1nc(NCc2ncn(C)n2)ccc1N. The molecule has 0 aliphatic heterocycles. The fourth-order valence-electron chi connectivity index (χ4n) is 1.50. The van der Waals surface area contributed by atoms with Gasteiger partial charge >= 0.3 is 0 Å². The Kier molecular flexibility index (Phi) is 4.17. The molecule has 3 N–H and O–H groups in total. The van der Waals surface area contributed by atoms with Gasteiger partial charge in [0, 0.05) is 7.05 Å². The highest BCUT2D eigenvalue weighted by molar-refractivity contribution is 5.53. The van der Waals surface area contributed by atoms with Crippen molar-refractivity contribution in [1.29, 1.82) is 0 Å². The van der Waals surface area contributed by atoms with E-state index < -0.39 is 0 Å². The second kappa shape index (κ2) is 6.03. The number of rotatable bonds is 6. The van der Waals surface area contributed by atoms with E-state index in [0.717, 1.165) is 6.42 Å². The first-order valence-corrected chi connectivity index (χ1v) is 6.16. The van der Waals surface area contributed by atoms with Crippen molar-refractivity contribution in [2.75, 3.05) is 17.7 Å². The van der Waals surface area contributed by atoms with Crippen LogP contribution in [0.4, 0.5) is 11.5 Å². The second-order valence-corrected chi connectivity index (χ2v) is 4.13. The van der Waals surface area contributed by atoms with Crippen LogP contribution in [0.2, 0.25) is 0 Å². The lowest BCUT2D eigenvalue weighted by Gasteiger charge is -2.09. The van der Waals surface area contributed by atoms with Crippen molar-refractivity contribution in [2.45, 2.75) is 19.9 Å². The Balaban J connectivity index is 2.00.